The average Bonchev–Trinajstić information content (AvgIpc) is 2.52. The number of hydrogen-bond acceptors (Lipinski definition) is 4. The maximum absolute atomic E-state index is 13.6. The number of carbonyl (C=O) groups is 1. The molecule has 0 fully saturated rings. The number of benzene rings is 2. The highest BCUT2D eigenvalue weighted by Crippen LogP contribution is 2.22. The van der Waals surface area contributed by atoms with Gasteiger partial charge in [-0.3, -0.25) is 9.52 Å². The lowest BCUT2D eigenvalue weighted by atomic mass is 10.1. The van der Waals surface area contributed by atoms with E-state index in [2.05, 4.69) is 15.4 Å². The number of sulfonamides is 1. The molecule has 1 unspecified atom stereocenters. The fourth-order valence-electron chi connectivity index (χ4n) is 2.26. The quantitative estimate of drug-likeness (QED) is 0.719. The van der Waals surface area contributed by atoms with Crippen LogP contribution >= 0.6 is 0 Å². The van der Waals surface area contributed by atoms with Crippen molar-refractivity contribution in [1.82, 2.24) is 0 Å². The van der Waals surface area contributed by atoms with Crippen LogP contribution in [-0.4, -0.2) is 26.6 Å². The molecule has 0 radical (unpaired) electrons. The van der Waals surface area contributed by atoms with E-state index in [1.165, 1.54) is 6.07 Å². The van der Waals surface area contributed by atoms with Crippen molar-refractivity contribution in [3.05, 3.63) is 53.3 Å². The zero-order chi connectivity index (χ0) is 19.5. The van der Waals surface area contributed by atoms with Gasteiger partial charge in [0.25, 0.3) is 0 Å². The zero-order valence-corrected chi connectivity index (χ0v) is 15.9. The molecule has 6 nitrogen and oxygen atoms in total. The van der Waals surface area contributed by atoms with Gasteiger partial charge >= 0.3 is 0 Å². The molecule has 0 aliphatic heterocycles. The van der Waals surface area contributed by atoms with Crippen LogP contribution in [0.25, 0.3) is 0 Å². The lowest BCUT2D eigenvalue weighted by Gasteiger charge is -2.17. The highest BCUT2D eigenvalue weighted by atomic mass is 32.2. The molecule has 0 saturated heterocycles. The summed E-state index contributed by atoms with van der Waals surface area (Å²) in [6, 6.07) is 8.97. The summed E-state index contributed by atoms with van der Waals surface area (Å²) in [7, 11) is -3.40. The van der Waals surface area contributed by atoms with Crippen LogP contribution in [0.5, 0.6) is 0 Å². The third kappa shape index (κ3) is 5.45. The highest BCUT2D eigenvalue weighted by molar-refractivity contribution is 7.92. The van der Waals surface area contributed by atoms with Gasteiger partial charge < -0.3 is 10.6 Å². The molecule has 2 rings (SSSR count). The minimum absolute atomic E-state index is 0.341. The van der Waals surface area contributed by atoms with Gasteiger partial charge in [0.05, 0.1) is 11.9 Å². The smallest absolute Gasteiger partial charge is 0.246 e. The molecule has 2 aromatic rings. The number of aryl methyl sites for hydroxylation is 2. The minimum Gasteiger partial charge on any atom is -0.374 e. The number of nitrogens with one attached hydrogen (secondary N) is 3. The predicted molar refractivity (Wildman–Crippen MR) is 102 cm³/mol. The maximum atomic E-state index is 13.6. The first-order valence-corrected chi connectivity index (χ1v) is 9.86. The summed E-state index contributed by atoms with van der Waals surface area (Å²) in [6.45, 7) is 5.08. The van der Waals surface area contributed by atoms with Gasteiger partial charge in [0.2, 0.25) is 15.9 Å². The van der Waals surface area contributed by atoms with E-state index in [4.69, 9.17) is 0 Å². The molecule has 2 aromatic carbocycles. The van der Waals surface area contributed by atoms with Gasteiger partial charge in [0.15, 0.2) is 0 Å². The summed E-state index contributed by atoms with van der Waals surface area (Å²) in [6.07, 6.45) is 1.07. The molecule has 140 valence electrons. The Labute approximate surface area is 152 Å². The molecule has 3 N–H and O–H groups in total. The molecule has 0 aromatic heterocycles. The minimum atomic E-state index is -3.40. The molecule has 0 aliphatic rings. The molecule has 0 bridgehead atoms. The van der Waals surface area contributed by atoms with Gasteiger partial charge in [-0.1, -0.05) is 12.1 Å². The average molecular weight is 379 g/mol. The number of anilines is 3. The van der Waals surface area contributed by atoms with Crippen LogP contribution in [0, 0.1) is 19.7 Å². The first-order chi connectivity index (χ1) is 12.0. The third-order valence-corrected chi connectivity index (χ3v) is 4.34. The van der Waals surface area contributed by atoms with E-state index in [0.29, 0.717) is 22.6 Å². The van der Waals surface area contributed by atoms with Crippen molar-refractivity contribution in [2.75, 3.05) is 21.6 Å². The fourth-order valence-corrected chi connectivity index (χ4v) is 2.88. The van der Waals surface area contributed by atoms with E-state index in [1.807, 2.05) is 0 Å². The summed E-state index contributed by atoms with van der Waals surface area (Å²) in [4.78, 5) is 12.3. The number of rotatable bonds is 6. The molecule has 1 atom stereocenters. The maximum Gasteiger partial charge on any atom is 0.246 e. The Bertz CT molecular complexity index is 929. The van der Waals surface area contributed by atoms with Crippen molar-refractivity contribution >= 4 is 33.0 Å². The van der Waals surface area contributed by atoms with Gasteiger partial charge in [-0.05, 0) is 56.2 Å². The Morgan fingerprint density at radius 2 is 1.65 bits per heavy atom. The number of carbonyl (C=O) groups excluding carboxylic acids is 1. The normalized spacial score (nSPS) is 12.3. The molecule has 0 heterocycles. The topological polar surface area (TPSA) is 87.3 Å². The van der Waals surface area contributed by atoms with E-state index in [9.17, 15) is 17.6 Å². The number of halogens is 1. The summed E-state index contributed by atoms with van der Waals surface area (Å²) in [5.74, 6) is -0.732. The van der Waals surface area contributed by atoms with Crippen molar-refractivity contribution in [3.8, 4) is 0 Å². The second-order valence-electron chi connectivity index (χ2n) is 6.22. The van der Waals surface area contributed by atoms with E-state index in [1.54, 1.807) is 51.1 Å². The largest absolute Gasteiger partial charge is 0.374 e. The van der Waals surface area contributed by atoms with Gasteiger partial charge in [-0.15, -0.1) is 0 Å². The van der Waals surface area contributed by atoms with Crippen molar-refractivity contribution in [1.29, 1.82) is 0 Å². The van der Waals surface area contributed by atoms with E-state index in [-0.39, 0.29) is 5.91 Å². The lowest BCUT2D eigenvalue weighted by molar-refractivity contribution is -0.116. The third-order valence-electron chi connectivity index (χ3n) is 3.75. The summed E-state index contributed by atoms with van der Waals surface area (Å²) < 4.78 is 38.9. The van der Waals surface area contributed by atoms with Gasteiger partial charge in [-0.2, -0.15) is 0 Å². The molecule has 26 heavy (non-hydrogen) atoms. The molecular weight excluding hydrogens is 357 g/mol. The first kappa shape index (κ1) is 19.7. The zero-order valence-electron chi connectivity index (χ0n) is 15.1. The van der Waals surface area contributed by atoms with Crippen LogP contribution in [0.4, 0.5) is 21.5 Å². The summed E-state index contributed by atoms with van der Waals surface area (Å²) in [5, 5.41) is 5.64. The number of amides is 1. The predicted octanol–water partition coefficient (Wildman–Crippen LogP) is 3.25. The SMILES string of the molecule is Cc1ccc(NC(=O)C(C)Nc2ccc(C)c(NS(C)(=O)=O)c2)cc1F. The van der Waals surface area contributed by atoms with Gasteiger partial charge in [0.1, 0.15) is 11.9 Å². The molecule has 0 saturated carbocycles. The van der Waals surface area contributed by atoms with Crippen LogP contribution in [0.15, 0.2) is 36.4 Å². The van der Waals surface area contributed by atoms with Crippen molar-refractivity contribution in [3.63, 3.8) is 0 Å². The molecule has 1 amide bonds. The fraction of sp³-hybridized carbons (Fsp3) is 0.278. The second kappa shape index (κ2) is 7.74. The molecule has 0 spiro atoms. The summed E-state index contributed by atoms with van der Waals surface area (Å²) >= 11 is 0. The van der Waals surface area contributed by atoms with Crippen LogP contribution < -0.4 is 15.4 Å². The first-order valence-electron chi connectivity index (χ1n) is 7.97. The van der Waals surface area contributed by atoms with Crippen LogP contribution in [-0.2, 0) is 14.8 Å². The van der Waals surface area contributed by atoms with Crippen molar-refractivity contribution in [2.24, 2.45) is 0 Å². The highest BCUT2D eigenvalue weighted by Gasteiger charge is 2.14. The Morgan fingerprint density at radius 3 is 2.27 bits per heavy atom. The van der Waals surface area contributed by atoms with Crippen LogP contribution in [0.1, 0.15) is 18.1 Å². The van der Waals surface area contributed by atoms with E-state index >= 15 is 0 Å². The van der Waals surface area contributed by atoms with Crippen LogP contribution in [0.2, 0.25) is 0 Å². The van der Waals surface area contributed by atoms with Crippen molar-refractivity contribution < 1.29 is 17.6 Å². The number of hydrogen-bond donors (Lipinski definition) is 3. The molecular formula is C18H22FN3O3S. The van der Waals surface area contributed by atoms with Gasteiger partial charge in [-0.25, -0.2) is 12.8 Å². The second-order valence-corrected chi connectivity index (χ2v) is 7.97. The Kier molecular flexibility index (Phi) is 5.86. The molecule has 8 heteroatoms. The van der Waals surface area contributed by atoms with Gasteiger partial charge in [0, 0.05) is 11.4 Å². The Morgan fingerprint density at radius 1 is 1.04 bits per heavy atom. The van der Waals surface area contributed by atoms with E-state index in [0.717, 1.165) is 11.8 Å². The van der Waals surface area contributed by atoms with E-state index < -0.39 is 21.9 Å². The standard InChI is InChI=1S/C18H22FN3O3S/c1-11-5-7-14(9-16(11)19)21-18(23)13(3)20-15-8-6-12(2)17(10-15)22-26(4,24)25/h5-10,13,20,22H,1-4H3,(H,21,23). The van der Waals surface area contributed by atoms with Crippen LogP contribution in [0.3, 0.4) is 0 Å². The van der Waals surface area contributed by atoms with Crippen molar-refractivity contribution in [2.45, 2.75) is 26.8 Å². The monoisotopic (exact) mass is 379 g/mol. The Balaban J connectivity index is 2.08. The summed E-state index contributed by atoms with van der Waals surface area (Å²) in [5.41, 5.74) is 2.65. The Hall–Kier alpha value is -2.61. The molecule has 0 aliphatic carbocycles. The lowest BCUT2D eigenvalue weighted by Crippen LogP contribution is -2.32.